The Morgan fingerprint density at radius 3 is 2.33 bits per heavy atom. The van der Waals surface area contributed by atoms with Crippen LogP contribution in [0, 0.1) is 5.92 Å². The Bertz CT molecular complexity index is 461. The summed E-state index contributed by atoms with van der Waals surface area (Å²) in [6, 6.07) is 3.68. The number of hydrogen-bond donors (Lipinski definition) is 2. The number of nitrogens with two attached hydrogens (primary N) is 1. The zero-order valence-corrected chi connectivity index (χ0v) is 12.8. The second-order valence-electron chi connectivity index (χ2n) is 5.07. The number of rotatable bonds is 6. The van der Waals surface area contributed by atoms with Gasteiger partial charge in [0, 0.05) is 24.2 Å². The van der Waals surface area contributed by atoms with Gasteiger partial charge in [-0.25, -0.2) is 0 Å². The molecule has 6 heteroatoms. The molecule has 2 atom stereocenters. The van der Waals surface area contributed by atoms with Crippen molar-refractivity contribution in [1.82, 2.24) is 5.43 Å². The zero-order chi connectivity index (χ0) is 15.2. The Kier molecular flexibility index (Phi) is 5.67. The van der Waals surface area contributed by atoms with Crippen LogP contribution in [0.1, 0.15) is 24.4 Å². The maximum absolute atomic E-state index is 5.79. The first-order valence-corrected chi connectivity index (χ1v) is 7.09. The first-order chi connectivity index (χ1) is 10.2. The maximum Gasteiger partial charge on any atom is 0.164 e. The number of ether oxygens (including phenoxy) is 4. The minimum atomic E-state index is -0.0555. The predicted molar refractivity (Wildman–Crippen MR) is 79.7 cm³/mol. The number of hydrazine groups is 1. The molecule has 1 aliphatic rings. The molecule has 2 unspecified atom stereocenters. The van der Waals surface area contributed by atoms with Gasteiger partial charge in [-0.05, 0) is 18.9 Å². The van der Waals surface area contributed by atoms with Crippen molar-refractivity contribution >= 4 is 0 Å². The fourth-order valence-corrected chi connectivity index (χ4v) is 2.80. The number of hydrogen-bond acceptors (Lipinski definition) is 6. The second-order valence-corrected chi connectivity index (χ2v) is 5.07. The third-order valence-electron chi connectivity index (χ3n) is 3.92. The second kappa shape index (κ2) is 7.49. The van der Waals surface area contributed by atoms with Crippen LogP contribution in [0.5, 0.6) is 17.2 Å². The highest BCUT2D eigenvalue weighted by molar-refractivity contribution is 5.52. The van der Waals surface area contributed by atoms with Gasteiger partial charge in [0.1, 0.15) is 5.75 Å². The molecule has 0 spiro atoms. The summed E-state index contributed by atoms with van der Waals surface area (Å²) in [5.41, 5.74) is 3.85. The maximum atomic E-state index is 5.79. The molecule has 0 bridgehead atoms. The smallest absolute Gasteiger partial charge is 0.164 e. The Hall–Kier alpha value is -1.50. The van der Waals surface area contributed by atoms with Crippen LogP contribution in [0.25, 0.3) is 0 Å². The minimum Gasteiger partial charge on any atom is -0.496 e. The number of methoxy groups -OCH3 is 3. The largest absolute Gasteiger partial charge is 0.496 e. The van der Waals surface area contributed by atoms with E-state index in [1.165, 1.54) is 0 Å². The van der Waals surface area contributed by atoms with Crippen LogP contribution in [0.3, 0.4) is 0 Å². The lowest BCUT2D eigenvalue weighted by molar-refractivity contribution is 0.0386. The first-order valence-electron chi connectivity index (χ1n) is 7.09. The van der Waals surface area contributed by atoms with Crippen LogP contribution in [0.2, 0.25) is 0 Å². The third kappa shape index (κ3) is 3.40. The van der Waals surface area contributed by atoms with Crippen LogP contribution in [-0.2, 0) is 4.74 Å². The van der Waals surface area contributed by atoms with E-state index in [0.29, 0.717) is 24.0 Å². The molecule has 6 nitrogen and oxygen atoms in total. The zero-order valence-electron chi connectivity index (χ0n) is 12.8. The fourth-order valence-electron chi connectivity index (χ4n) is 2.80. The van der Waals surface area contributed by atoms with E-state index in [1.54, 1.807) is 21.3 Å². The van der Waals surface area contributed by atoms with E-state index < -0.39 is 0 Å². The van der Waals surface area contributed by atoms with Crippen molar-refractivity contribution in [3.63, 3.8) is 0 Å². The SMILES string of the molecule is COc1cc(OC)c(C(NN)C2CCCOC2)cc1OC. The molecule has 1 aromatic carbocycles. The number of benzene rings is 1. The summed E-state index contributed by atoms with van der Waals surface area (Å²) in [5, 5.41) is 0. The van der Waals surface area contributed by atoms with Gasteiger partial charge in [0.15, 0.2) is 11.5 Å². The van der Waals surface area contributed by atoms with Crippen LogP contribution in [-0.4, -0.2) is 34.5 Å². The van der Waals surface area contributed by atoms with E-state index in [-0.39, 0.29) is 6.04 Å². The van der Waals surface area contributed by atoms with Gasteiger partial charge >= 0.3 is 0 Å². The van der Waals surface area contributed by atoms with Crippen molar-refractivity contribution in [2.45, 2.75) is 18.9 Å². The molecule has 0 aliphatic carbocycles. The lowest BCUT2D eigenvalue weighted by Crippen LogP contribution is -2.37. The van der Waals surface area contributed by atoms with Gasteiger partial charge in [0.05, 0.1) is 34.0 Å². The van der Waals surface area contributed by atoms with Crippen LogP contribution in [0.4, 0.5) is 0 Å². The number of nitrogens with one attached hydrogen (secondary N) is 1. The van der Waals surface area contributed by atoms with Crippen molar-refractivity contribution < 1.29 is 18.9 Å². The lowest BCUT2D eigenvalue weighted by Gasteiger charge is -2.31. The van der Waals surface area contributed by atoms with E-state index >= 15 is 0 Å². The molecule has 3 N–H and O–H groups in total. The molecule has 1 heterocycles. The molecule has 2 rings (SSSR count). The predicted octanol–water partition coefficient (Wildman–Crippen LogP) is 1.64. The summed E-state index contributed by atoms with van der Waals surface area (Å²) in [7, 11) is 4.85. The molecule has 0 amide bonds. The summed E-state index contributed by atoms with van der Waals surface area (Å²) >= 11 is 0. The quantitative estimate of drug-likeness (QED) is 0.614. The Morgan fingerprint density at radius 2 is 1.81 bits per heavy atom. The molecule has 1 aromatic rings. The molecular formula is C15H24N2O4. The molecule has 21 heavy (non-hydrogen) atoms. The van der Waals surface area contributed by atoms with Crippen molar-refractivity contribution in [2.24, 2.45) is 11.8 Å². The first kappa shape index (κ1) is 15.9. The standard InChI is InChI=1S/C15H24N2O4/c1-18-12-8-14(20-3)13(19-2)7-11(12)15(17-16)10-5-4-6-21-9-10/h7-8,10,15,17H,4-6,9,16H2,1-3H3. The molecular weight excluding hydrogens is 272 g/mol. The van der Waals surface area contributed by atoms with Gasteiger partial charge in [-0.3, -0.25) is 11.3 Å². The summed E-state index contributed by atoms with van der Waals surface area (Å²) < 4.78 is 21.7. The van der Waals surface area contributed by atoms with Gasteiger partial charge in [-0.2, -0.15) is 0 Å². The molecule has 1 aliphatic heterocycles. The minimum absolute atomic E-state index is 0.0555. The highest BCUT2D eigenvalue weighted by Gasteiger charge is 2.28. The Labute approximate surface area is 125 Å². The van der Waals surface area contributed by atoms with E-state index in [1.807, 2.05) is 12.1 Å². The molecule has 0 radical (unpaired) electrons. The van der Waals surface area contributed by atoms with Gasteiger partial charge < -0.3 is 18.9 Å². The fraction of sp³-hybridized carbons (Fsp3) is 0.600. The van der Waals surface area contributed by atoms with Gasteiger partial charge in [-0.15, -0.1) is 0 Å². The average molecular weight is 296 g/mol. The van der Waals surface area contributed by atoms with Gasteiger partial charge in [0.2, 0.25) is 0 Å². The molecule has 0 saturated carbocycles. The van der Waals surface area contributed by atoms with Crippen LogP contribution < -0.4 is 25.5 Å². The summed E-state index contributed by atoms with van der Waals surface area (Å²) in [6.45, 7) is 1.50. The van der Waals surface area contributed by atoms with Gasteiger partial charge in [-0.1, -0.05) is 0 Å². The van der Waals surface area contributed by atoms with Crippen molar-refractivity contribution in [3.8, 4) is 17.2 Å². The van der Waals surface area contributed by atoms with Crippen LogP contribution in [0.15, 0.2) is 12.1 Å². The summed E-state index contributed by atoms with van der Waals surface area (Å²) in [4.78, 5) is 0. The van der Waals surface area contributed by atoms with Crippen molar-refractivity contribution in [1.29, 1.82) is 0 Å². The normalized spacial score (nSPS) is 19.9. The monoisotopic (exact) mass is 296 g/mol. The highest BCUT2D eigenvalue weighted by Crippen LogP contribution is 2.40. The van der Waals surface area contributed by atoms with Crippen LogP contribution >= 0.6 is 0 Å². The van der Waals surface area contributed by atoms with E-state index in [9.17, 15) is 0 Å². The van der Waals surface area contributed by atoms with E-state index in [2.05, 4.69) is 5.43 Å². The van der Waals surface area contributed by atoms with E-state index in [4.69, 9.17) is 24.8 Å². The van der Waals surface area contributed by atoms with E-state index in [0.717, 1.165) is 30.8 Å². The molecule has 0 aromatic heterocycles. The topological polar surface area (TPSA) is 75.0 Å². The third-order valence-corrected chi connectivity index (χ3v) is 3.92. The molecule has 1 fully saturated rings. The molecule has 118 valence electrons. The Morgan fingerprint density at radius 1 is 1.14 bits per heavy atom. The summed E-state index contributed by atoms with van der Waals surface area (Å²) in [5.74, 6) is 8.10. The summed E-state index contributed by atoms with van der Waals surface area (Å²) in [6.07, 6.45) is 2.10. The van der Waals surface area contributed by atoms with Crippen molar-refractivity contribution in [2.75, 3.05) is 34.5 Å². The van der Waals surface area contributed by atoms with Gasteiger partial charge in [0.25, 0.3) is 0 Å². The molecule has 1 saturated heterocycles. The Balaban J connectivity index is 2.38. The average Bonchev–Trinajstić information content (AvgIpc) is 2.56. The highest BCUT2D eigenvalue weighted by atomic mass is 16.5. The van der Waals surface area contributed by atoms with Crippen molar-refractivity contribution in [3.05, 3.63) is 17.7 Å². The lowest BCUT2D eigenvalue weighted by atomic mass is 9.88.